The number of methoxy groups -OCH3 is 1. The molecule has 2 fully saturated rings. The zero-order chi connectivity index (χ0) is 28.9. The van der Waals surface area contributed by atoms with E-state index in [1.807, 2.05) is 48.9 Å². The minimum Gasteiger partial charge on any atom is -0.484 e. The van der Waals surface area contributed by atoms with E-state index in [0.29, 0.717) is 46.1 Å². The molecule has 5 rings (SSSR count). The molecule has 1 aromatic carbocycles. The maximum absolute atomic E-state index is 14.2. The van der Waals surface area contributed by atoms with Crippen LogP contribution in [-0.2, 0) is 16.0 Å². The molecule has 10 heteroatoms. The van der Waals surface area contributed by atoms with Crippen molar-refractivity contribution in [2.75, 3.05) is 45.3 Å². The van der Waals surface area contributed by atoms with Gasteiger partial charge in [0.15, 0.2) is 5.90 Å². The summed E-state index contributed by atoms with van der Waals surface area (Å²) in [6.07, 6.45) is 5.74. The summed E-state index contributed by atoms with van der Waals surface area (Å²) in [5, 5.41) is 4.79. The topological polar surface area (TPSA) is 93.9 Å². The number of pyridine rings is 1. The normalized spacial score (nSPS) is 18.5. The van der Waals surface area contributed by atoms with Crippen LogP contribution in [-0.4, -0.2) is 71.3 Å². The summed E-state index contributed by atoms with van der Waals surface area (Å²) in [6, 6.07) is 7.79. The van der Waals surface area contributed by atoms with E-state index in [1.54, 1.807) is 7.11 Å². The van der Waals surface area contributed by atoms with Gasteiger partial charge in [-0.3, -0.25) is 9.36 Å². The number of nitrogens with one attached hydrogen (secondary N) is 1. The first-order valence-electron chi connectivity index (χ1n) is 14.7. The van der Waals surface area contributed by atoms with Gasteiger partial charge in [-0.15, -0.1) is 0 Å². The van der Waals surface area contributed by atoms with Gasteiger partial charge in [0.1, 0.15) is 5.65 Å². The molecule has 4 heterocycles. The molecule has 9 nitrogen and oxygen atoms in total. The Hall–Kier alpha value is -3.01. The van der Waals surface area contributed by atoms with Crippen molar-refractivity contribution in [3.63, 3.8) is 0 Å². The maximum Gasteiger partial charge on any atom is 0.260 e. The number of aliphatic imine (C=N–C) groups is 1. The van der Waals surface area contributed by atoms with Crippen LogP contribution in [0.1, 0.15) is 58.1 Å². The first-order chi connectivity index (χ1) is 19.9. The predicted octanol–water partition coefficient (Wildman–Crippen LogP) is 5.56. The standard InChI is InChI=1S/C31H41ClN6O3/c1-5-37-12-8-22(9-13-37)19-38-29-24(18-33-31(36-29)35-25-10-14-41-15-11-25)16-27(30(38)39)26-7-6-23(17-28(26)32)20(2)34-21(3)40-4/h6-7,16-18,20,22,25H,5,8-15,19H2,1-4H3,(H,33,35,36)/b34-21-. The number of fused-ring (bicyclic) bond motifs is 1. The molecule has 2 aliphatic rings. The van der Waals surface area contributed by atoms with Crippen molar-refractivity contribution in [1.29, 1.82) is 0 Å². The van der Waals surface area contributed by atoms with Gasteiger partial charge in [-0.1, -0.05) is 30.7 Å². The van der Waals surface area contributed by atoms with Crippen LogP contribution >= 0.6 is 11.6 Å². The molecule has 2 aliphatic heterocycles. The molecular weight excluding hydrogens is 540 g/mol. The second kappa shape index (κ2) is 13.3. The second-order valence-corrected chi connectivity index (χ2v) is 11.5. The zero-order valence-corrected chi connectivity index (χ0v) is 25.3. The van der Waals surface area contributed by atoms with Gasteiger partial charge in [-0.2, -0.15) is 4.98 Å². The molecular formula is C31H41ClN6O3. The molecule has 0 bridgehead atoms. The predicted molar refractivity (Wildman–Crippen MR) is 165 cm³/mol. The molecule has 2 aromatic heterocycles. The monoisotopic (exact) mass is 580 g/mol. The molecule has 2 saturated heterocycles. The highest BCUT2D eigenvalue weighted by Crippen LogP contribution is 2.32. The molecule has 0 saturated carbocycles. The number of hydrogen-bond acceptors (Lipinski definition) is 8. The number of rotatable bonds is 8. The summed E-state index contributed by atoms with van der Waals surface area (Å²) in [5.41, 5.74) is 2.78. The van der Waals surface area contributed by atoms with E-state index < -0.39 is 0 Å². The van der Waals surface area contributed by atoms with Crippen molar-refractivity contribution in [3.05, 3.63) is 51.4 Å². The van der Waals surface area contributed by atoms with Crippen molar-refractivity contribution in [2.45, 2.75) is 65.1 Å². The van der Waals surface area contributed by atoms with Crippen LogP contribution in [0, 0.1) is 5.92 Å². The van der Waals surface area contributed by atoms with E-state index in [4.69, 9.17) is 26.1 Å². The number of likely N-dealkylation sites (tertiary alicyclic amines) is 1. The quantitative estimate of drug-likeness (QED) is 0.275. The molecule has 1 atom stereocenters. The summed E-state index contributed by atoms with van der Waals surface area (Å²) in [4.78, 5) is 30.7. The molecule has 41 heavy (non-hydrogen) atoms. The Morgan fingerprint density at radius 1 is 1.20 bits per heavy atom. The third kappa shape index (κ3) is 6.90. The van der Waals surface area contributed by atoms with Crippen LogP contribution in [0.2, 0.25) is 5.02 Å². The Bertz CT molecular complexity index is 1440. The lowest BCUT2D eigenvalue weighted by molar-refractivity contribution is 0.0903. The van der Waals surface area contributed by atoms with Gasteiger partial charge in [-0.25, -0.2) is 9.98 Å². The number of nitrogens with zero attached hydrogens (tertiary/aromatic N) is 5. The summed E-state index contributed by atoms with van der Waals surface area (Å²) in [6.45, 7) is 11.2. The van der Waals surface area contributed by atoms with Crippen LogP contribution in [0.25, 0.3) is 22.2 Å². The van der Waals surface area contributed by atoms with E-state index in [0.717, 1.165) is 69.5 Å². The molecule has 1 unspecified atom stereocenters. The molecule has 0 radical (unpaired) electrons. The summed E-state index contributed by atoms with van der Waals surface area (Å²) < 4.78 is 12.6. The third-order valence-electron chi connectivity index (χ3n) is 8.41. The number of piperidine rings is 1. The third-order valence-corrected chi connectivity index (χ3v) is 8.73. The number of ether oxygens (including phenoxy) is 2. The fourth-order valence-electron chi connectivity index (χ4n) is 5.77. The lowest BCUT2D eigenvalue weighted by Crippen LogP contribution is -2.36. The largest absolute Gasteiger partial charge is 0.484 e. The van der Waals surface area contributed by atoms with E-state index in [2.05, 4.69) is 27.1 Å². The SMILES string of the molecule is CCN1CCC(Cn2c(=O)c(-c3ccc(C(C)/N=C(/C)OC)cc3Cl)cc3cnc(NC4CCOCC4)nc32)CC1. The Kier molecular flexibility index (Phi) is 9.57. The van der Waals surface area contributed by atoms with Gasteiger partial charge in [0.2, 0.25) is 5.95 Å². The lowest BCUT2D eigenvalue weighted by Gasteiger charge is -2.31. The van der Waals surface area contributed by atoms with Crippen LogP contribution in [0.5, 0.6) is 0 Å². The summed E-state index contributed by atoms with van der Waals surface area (Å²) >= 11 is 6.83. The van der Waals surface area contributed by atoms with Crippen molar-refractivity contribution in [1.82, 2.24) is 19.4 Å². The van der Waals surface area contributed by atoms with Crippen LogP contribution < -0.4 is 10.9 Å². The lowest BCUT2D eigenvalue weighted by atomic mass is 9.96. The van der Waals surface area contributed by atoms with E-state index in [9.17, 15) is 4.79 Å². The van der Waals surface area contributed by atoms with E-state index in [-0.39, 0.29) is 17.6 Å². The van der Waals surface area contributed by atoms with E-state index >= 15 is 0 Å². The fourth-order valence-corrected chi connectivity index (χ4v) is 6.06. The number of anilines is 1. The van der Waals surface area contributed by atoms with Crippen molar-refractivity contribution < 1.29 is 9.47 Å². The first-order valence-corrected chi connectivity index (χ1v) is 15.1. The summed E-state index contributed by atoms with van der Waals surface area (Å²) in [5.74, 6) is 1.55. The van der Waals surface area contributed by atoms with Crippen LogP contribution in [0.15, 0.2) is 40.2 Å². The number of benzene rings is 1. The maximum atomic E-state index is 14.2. The highest BCUT2D eigenvalue weighted by molar-refractivity contribution is 6.33. The van der Waals surface area contributed by atoms with Crippen LogP contribution in [0.3, 0.4) is 0 Å². The second-order valence-electron chi connectivity index (χ2n) is 11.1. The number of hydrogen-bond donors (Lipinski definition) is 1. The molecule has 220 valence electrons. The van der Waals surface area contributed by atoms with Gasteiger partial charge in [-0.05, 0) is 75.9 Å². The van der Waals surface area contributed by atoms with Gasteiger partial charge < -0.3 is 19.7 Å². The van der Waals surface area contributed by atoms with Crippen molar-refractivity contribution in [3.8, 4) is 11.1 Å². The van der Waals surface area contributed by atoms with Gasteiger partial charge >= 0.3 is 0 Å². The minimum absolute atomic E-state index is 0.0814. The van der Waals surface area contributed by atoms with Gasteiger partial charge in [0.05, 0.1) is 13.2 Å². The number of aromatic nitrogens is 3. The Labute approximate surface area is 246 Å². The van der Waals surface area contributed by atoms with Crippen molar-refractivity contribution in [2.24, 2.45) is 10.9 Å². The Morgan fingerprint density at radius 3 is 2.63 bits per heavy atom. The van der Waals surface area contributed by atoms with Gasteiger partial charge in [0.25, 0.3) is 5.56 Å². The Balaban J connectivity index is 1.53. The molecule has 3 aromatic rings. The molecule has 0 amide bonds. The zero-order valence-electron chi connectivity index (χ0n) is 24.5. The smallest absolute Gasteiger partial charge is 0.260 e. The summed E-state index contributed by atoms with van der Waals surface area (Å²) in [7, 11) is 1.60. The first kappa shape index (κ1) is 29.5. The average Bonchev–Trinajstić information content (AvgIpc) is 2.99. The number of halogens is 1. The van der Waals surface area contributed by atoms with E-state index in [1.165, 1.54) is 0 Å². The Morgan fingerprint density at radius 2 is 1.95 bits per heavy atom. The average molecular weight is 581 g/mol. The van der Waals surface area contributed by atoms with Gasteiger partial charge in [0, 0.05) is 60.5 Å². The van der Waals surface area contributed by atoms with Crippen LogP contribution in [0.4, 0.5) is 5.95 Å². The molecule has 1 N–H and O–H groups in total. The van der Waals surface area contributed by atoms with Crippen molar-refractivity contribution >= 4 is 34.5 Å². The molecule has 0 aliphatic carbocycles. The minimum atomic E-state index is -0.126. The fraction of sp³-hybridized carbons (Fsp3) is 0.548. The highest BCUT2D eigenvalue weighted by Gasteiger charge is 2.23. The molecule has 0 spiro atoms. The highest BCUT2D eigenvalue weighted by atomic mass is 35.5.